The van der Waals surface area contributed by atoms with Crippen LogP contribution in [0.4, 0.5) is 0 Å². The second-order valence-electron chi connectivity index (χ2n) is 4.71. The van der Waals surface area contributed by atoms with Gasteiger partial charge in [-0.25, -0.2) is 8.42 Å². The lowest BCUT2D eigenvalue weighted by molar-refractivity contribution is -0.123. The van der Waals surface area contributed by atoms with Gasteiger partial charge in [0.25, 0.3) is 15.9 Å². The first kappa shape index (κ1) is 17.3. The van der Waals surface area contributed by atoms with Crippen LogP contribution in [0.5, 0.6) is 5.75 Å². The molecule has 0 saturated carbocycles. The minimum Gasteiger partial charge on any atom is -0.484 e. The van der Waals surface area contributed by atoms with Gasteiger partial charge in [0, 0.05) is 5.02 Å². The Morgan fingerprint density at radius 2 is 1.70 bits per heavy atom. The Morgan fingerprint density at radius 3 is 2.30 bits per heavy atom. The van der Waals surface area contributed by atoms with E-state index in [1.54, 1.807) is 36.4 Å². The maximum Gasteiger partial charge on any atom is 0.272 e. The lowest BCUT2D eigenvalue weighted by Gasteiger charge is -2.09. The molecule has 0 aliphatic heterocycles. The van der Waals surface area contributed by atoms with Gasteiger partial charge in [0.2, 0.25) is 0 Å². The third kappa shape index (κ3) is 5.24. The molecule has 0 aliphatic carbocycles. The Kier molecular flexibility index (Phi) is 5.59. The summed E-state index contributed by atoms with van der Waals surface area (Å²) in [6.07, 6.45) is 0. The van der Waals surface area contributed by atoms with Crippen molar-refractivity contribution in [2.24, 2.45) is 0 Å². The van der Waals surface area contributed by atoms with E-state index in [-0.39, 0.29) is 11.5 Å². The molecule has 0 radical (unpaired) electrons. The summed E-state index contributed by atoms with van der Waals surface area (Å²) in [5, 5.41) is 0.549. The maximum absolute atomic E-state index is 12.0. The predicted molar refractivity (Wildman–Crippen MR) is 86.6 cm³/mol. The van der Waals surface area contributed by atoms with Crippen LogP contribution in [0.3, 0.4) is 0 Å². The van der Waals surface area contributed by atoms with Crippen LogP contribution in [0.15, 0.2) is 53.4 Å². The lowest BCUT2D eigenvalue weighted by atomic mass is 10.2. The third-order valence-electron chi connectivity index (χ3n) is 2.84. The van der Waals surface area contributed by atoms with E-state index in [1.807, 2.05) is 11.8 Å². The van der Waals surface area contributed by atoms with Crippen molar-refractivity contribution in [3.05, 3.63) is 59.1 Å². The van der Waals surface area contributed by atoms with E-state index in [0.717, 1.165) is 5.56 Å². The molecule has 2 aromatic rings. The molecule has 0 atom stereocenters. The molecule has 0 fully saturated rings. The molecular formula is C15H15ClN2O4S. The van der Waals surface area contributed by atoms with Crippen LogP contribution in [-0.4, -0.2) is 20.9 Å². The van der Waals surface area contributed by atoms with Crippen molar-refractivity contribution in [3.8, 4) is 5.75 Å². The fraction of sp³-hybridized carbons (Fsp3) is 0.133. The molecule has 2 rings (SSSR count). The van der Waals surface area contributed by atoms with Gasteiger partial charge in [0.05, 0.1) is 4.90 Å². The van der Waals surface area contributed by atoms with Crippen LogP contribution in [-0.2, 0) is 14.8 Å². The molecule has 0 aromatic heterocycles. The van der Waals surface area contributed by atoms with Crippen molar-refractivity contribution in [2.45, 2.75) is 11.8 Å². The fourth-order valence-electron chi connectivity index (χ4n) is 1.62. The van der Waals surface area contributed by atoms with Crippen LogP contribution in [0.1, 0.15) is 5.56 Å². The Labute approximate surface area is 139 Å². The number of hydrogen-bond acceptors (Lipinski definition) is 4. The summed E-state index contributed by atoms with van der Waals surface area (Å²) in [6.45, 7) is 1.51. The van der Waals surface area contributed by atoms with Crippen LogP contribution < -0.4 is 15.0 Å². The minimum atomic E-state index is -3.82. The van der Waals surface area contributed by atoms with Crippen molar-refractivity contribution in [1.29, 1.82) is 0 Å². The highest BCUT2D eigenvalue weighted by atomic mass is 35.5. The van der Waals surface area contributed by atoms with Crippen molar-refractivity contribution in [2.75, 3.05) is 6.61 Å². The van der Waals surface area contributed by atoms with Crippen molar-refractivity contribution in [3.63, 3.8) is 0 Å². The van der Waals surface area contributed by atoms with E-state index < -0.39 is 15.9 Å². The number of carbonyl (C=O) groups is 1. The van der Waals surface area contributed by atoms with Gasteiger partial charge < -0.3 is 4.74 Å². The average Bonchev–Trinajstić information content (AvgIpc) is 2.53. The molecule has 1 amide bonds. The molecule has 0 heterocycles. The number of nitrogens with one attached hydrogen (secondary N) is 2. The average molecular weight is 355 g/mol. The SMILES string of the molecule is Cc1ccc(S(=O)(=O)NNC(=O)COc2ccc(Cl)cc2)cc1. The molecule has 6 nitrogen and oxygen atoms in total. The number of amides is 1. The van der Waals surface area contributed by atoms with Gasteiger partial charge in [-0.15, -0.1) is 4.83 Å². The van der Waals surface area contributed by atoms with Crippen molar-refractivity contribution >= 4 is 27.5 Å². The summed E-state index contributed by atoms with van der Waals surface area (Å²) in [7, 11) is -3.82. The molecule has 0 spiro atoms. The Morgan fingerprint density at radius 1 is 1.09 bits per heavy atom. The molecule has 0 saturated heterocycles. The highest BCUT2D eigenvalue weighted by Gasteiger charge is 2.14. The third-order valence-corrected chi connectivity index (χ3v) is 4.36. The van der Waals surface area contributed by atoms with Gasteiger partial charge in [0.1, 0.15) is 5.75 Å². The van der Waals surface area contributed by atoms with Crippen LogP contribution in [0.25, 0.3) is 0 Å². The number of halogens is 1. The van der Waals surface area contributed by atoms with Gasteiger partial charge in [-0.05, 0) is 43.3 Å². The molecule has 0 unspecified atom stereocenters. The first-order chi connectivity index (χ1) is 10.9. The van der Waals surface area contributed by atoms with Gasteiger partial charge in [-0.2, -0.15) is 0 Å². The molecule has 0 aliphatic rings. The van der Waals surface area contributed by atoms with E-state index in [2.05, 4.69) is 5.43 Å². The zero-order valence-electron chi connectivity index (χ0n) is 12.2. The second-order valence-corrected chi connectivity index (χ2v) is 6.83. The van der Waals surface area contributed by atoms with Gasteiger partial charge >= 0.3 is 0 Å². The molecule has 8 heteroatoms. The number of rotatable bonds is 6. The van der Waals surface area contributed by atoms with Crippen molar-refractivity contribution < 1.29 is 17.9 Å². The first-order valence-electron chi connectivity index (χ1n) is 6.62. The number of ether oxygens (including phenoxy) is 1. The highest BCUT2D eigenvalue weighted by molar-refractivity contribution is 7.89. The number of hydrogen-bond donors (Lipinski definition) is 2. The minimum absolute atomic E-state index is 0.0574. The van der Waals surface area contributed by atoms with Crippen LogP contribution >= 0.6 is 11.6 Å². The summed E-state index contributed by atoms with van der Waals surface area (Å²) >= 11 is 5.73. The Balaban J connectivity index is 1.86. The normalized spacial score (nSPS) is 11.0. The number of aryl methyl sites for hydroxylation is 1. The molecule has 23 heavy (non-hydrogen) atoms. The smallest absolute Gasteiger partial charge is 0.272 e. The van der Waals surface area contributed by atoms with Gasteiger partial charge in [-0.1, -0.05) is 29.3 Å². The van der Waals surface area contributed by atoms with Crippen LogP contribution in [0.2, 0.25) is 5.02 Å². The van der Waals surface area contributed by atoms with E-state index in [4.69, 9.17) is 16.3 Å². The van der Waals surface area contributed by atoms with E-state index >= 15 is 0 Å². The number of sulfonamides is 1. The summed E-state index contributed by atoms with van der Waals surface area (Å²) in [5.41, 5.74) is 3.02. The molecular weight excluding hydrogens is 340 g/mol. The fourth-order valence-corrected chi connectivity index (χ4v) is 2.60. The summed E-state index contributed by atoms with van der Waals surface area (Å²) < 4.78 is 29.2. The summed E-state index contributed by atoms with van der Waals surface area (Å²) in [6, 6.07) is 12.7. The zero-order chi connectivity index (χ0) is 16.9. The Hall–Kier alpha value is -2.09. The number of hydrazine groups is 1. The van der Waals surface area contributed by atoms with E-state index in [1.165, 1.54) is 12.1 Å². The predicted octanol–water partition coefficient (Wildman–Crippen LogP) is 2.04. The number of benzene rings is 2. The van der Waals surface area contributed by atoms with E-state index in [0.29, 0.717) is 10.8 Å². The van der Waals surface area contributed by atoms with Gasteiger partial charge in [0.15, 0.2) is 6.61 Å². The summed E-state index contributed by atoms with van der Waals surface area (Å²) in [4.78, 5) is 13.7. The maximum atomic E-state index is 12.0. The molecule has 2 aromatic carbocycles. The second kappa shape index (κ2) is 7.45. The van der Waals surface area contributed by atoms with Crippen LogP contribution in [0, 0.1) is 6.92 Å². The standard InChI is InChI=1S/C15H15ClN2O4S/c1-11-2-8-14(9-3-11)23(20,21)18-17-15(19)10-22-13-6-4-12(16)5-7-13/h2-9,18H,10H2,1H3,(H,17,19). The van der Waals surface area contributed by atoms with E-state index in [9.17, 15) is 13.2 Å². The largest absolute Gasteiger partial charge is 0.484 e. The van der Waals surface area contributed by atoms with Gasteiger partial charge in [-0.3, -0.25) is 10.2 Å². The molecule has 122 valence electrons. The monoisotopic (exact) mass is 354 g/mol. The Bertz CT molecular complexity index is 774. The van der Waals surface area contributed by atoms with Crippen molar-refractivity contribution in [1.82, 2.24) is 10.3 Å². The first-order valence-corrected chi connectivity index (χ1v) is 8.48. The topological polar surface area (TPSA) is 84.5 Å². The quantitative estimate of drug-likeness (QED) is 0.777. The lowest BCUT2D eigenvalue weighted by Crippen LogP contribution is -2.43. The highest BCUT2D eigenvalue weighted by Crippen LogP contribution is 2.15. The number of carbonyl (C=O) groups excluding carboxylic acids is 1. The molecule has 2 N–H and O–H groups in total. The summed E-state index contributed by atoms with van der Waals surface area (Å²) in [5.74, 6) is -0.179. The molecule has 0 bridgehead atoms. The zero-order valence-corrected chi connectivity index (χ0v) is 13.8.